The van der Waals surface area contributed by atoms with Crippen LogP contribution in [0.1, 0.15) is 146 Å². The van der Waals surface area contributed by atoms with E-state index in [1.807, 2.05) is 6.07 Å². The Morgan fingerprint density at radius 3 is 2.17 bits per heavy atom. The predicted molar refractivity (Wildman–Crippen MR) is 200 cm³/mol. The number of ether oxygens (including phenoxy) is 3. The molecule has 1 N–H and O–H groups in total. The molecule has 0 unspecified atom stereocenters. The van der Waals surface area contributed by atoms with Crippen molar-refractivity contribution in [1.82, 2.24) is 0 Å². The number of benzene rings is 3. The summed E-state index contributed by atoms with van der Waals surface area (Å²) in [6, 6.07) is 15.2. The number of aryl methyl sites for hydroxylation is 3. The van der Waals surface area contributed by atoms with E-state index in [4.69, 9.17) is 14.2 Å². The SMILES string of the molecule is CCCCCc1cc(O)c(-c2cc(C)ccc2C(C)C)c(OCCOc2cc(CCCCC)cc3c2[C@@H]2C[C@H](C)CC[C@H]2C(C)(C)O3)c1. The molecule has 3 aromatic carbocycles. The summed E-state index contributed by atoms with van der Waals surface area (Å²) in [6.45, 7) is 18.8. The molecule has 0 spiro atoms. The van der Waals surface area contributed by atoms with Crippen molar-refractivity contribution in [2.45, 2.75) is 143 Å². The number of aromatic hydroxyl groups is 1. The van der Waals surface area contributed by atoms with E-state index in [1.54, 1.807) is 0 Å². The molecule has 3 atom stereocenters. The van der Waals surface area contributed by atoms with Crippen molar-refractivity contribution in [2.75, 3.05) is 13.2 Å². The lowest BCUT2D eigenvalue weighted by molar-refractivity contribution is -0.0149. The van der Waals surface area contributed by atoms with Gasteiger partial charge in [0.25, 0.3) is 0 Å². The van der Waals surface area contributed by atoms with Crippen LogP contribution in [-0.2, 0) is 12.8 Å². The van der Waals surface area contributed by atoms with E-state index in [2.05, 4.69) is 91.8 Å². The first-order chi connectivity index (χ1) is 23.0. The van der Waals surface area contributed by atoms with Crippen LogP contribution in [0.25, 0.3) is 11.1 Å². The first kappa shape index (κ1) is 36.1. The van der Waals surface area contributed by atoms with Crippen molar-refractivity contribution >= 4 is 0 Å². The maximum atomic E-state index is 11.5. The van der Waals surface area contributed by atoms with Gasteiger partial charge in [0.1, 0.15) is 41.8 Å². The first-order valence-electron chi connectivity index (χ1n) is 19.1. The van der Waals surface area contributed by atoms with E-state index < -0.39 is 0 Å². The number of unbranched alkanes of at least 4 members (excludes halogenated alkanes) is 4. The first-order valence-corrected chi connectivity index (χ1v) is 19.1. The van der Waals surface area contributed by atoms with E-state index in [0.29, 0.717) is 42.6 Å². The molecule has 262 valence electrons. The maximum Gasteiger partial charge on any atom is 0.131 e. The molecule has 5 rings (SSSR count). The highest BCUT2D eigenvalue weighted by Crippen LogP contribution is 2.55. The van der Waals surface area contributed by atoms with E-state index in [0.717, 1.165) is 53.2 Å². The fourth-order valence-corrected chi connectivity index (χ4v) is 8.30. The number of phenols is 1. The molecule has 0 bridgehead atoms. The lowest BCUT2D eigenvalue weighted by Crippen LogP contribution is -2.46. The number of fused-ring (bicyclic) bond motifs is 3. The molecule has 1 aliphatic carbocycles. The molecule has 0 amide bonds. The van der Waals surface area contributed by atoms with Crippen LogP contribution in [0.15, 0.2) is 42.5 Å². The molecular weight excluding hydrogens is 592 g/mol. The molecule has 1 saturated carbocycles. The average molecular weight is 655 g/mol. The summed E-state index contributed by atoms with van der Waals surface area (Å²) in [7, 11) is 0. The van der Waals surface area contributed by atoms with Gasteiger partial charge in [0.15, 0.2) is 0 Å². The topological polar surface area (TPSA) is 47.9 Å². The Balaban J connectivity index is 1.44. The Kier molecular flexibility index (Phi) is 12.1. The Hall–Kier alpha value is -3.14. The number of phenolic OH excluding ortho intramolecular Hbond substituents is 1. The van der Waals surface area contributed by atoms with Crippen LogP contribution in [0.5, 0.6) is 23.0 Å². The summed E-state index contributed by atoms with van der Waals surface area (Å²) in [6.07, 6.45) is 12.6. The third-order valence-electron chi connectivity index (χ3n) is 10.9. The van der Waals surface area contributed by atoms with Crippen molar-refractivity contribution in [3.63, 3.8) is 0 Å². The maximum absolute atomic E-state index is 11.5. The lowest BCUT2D eigenvalue weighted by Gasteiger charge is -2.49. The van der Waals surface area contributed by atoms with Gasteiger partial charge in [0, 0.05) is 11.5 Å². The summed E-state index contributed by atoms with van der Waals surface area (Å²) in [4.78, 5) is 0. The van der Waals surface area contributed by atoms with Gasteiger partial charge in [0.2, 0.25) is 0 Å². The van der Waals surface area contributed by atoms with Gasteiger partial charge in [-0.1, -0.05) is 90.5 Å². The number of hydrogen-bond acceptors (Lipinski definition) is 4. The van der Waals surface area contributed by atoms with Crippen molar-refractivity contribution in [2.24, 2.45) is 11.8 Å². The number of rotatable bonds is 15. The highest BCUT2D eigenvalue weighted by molar-refractivity contribution is 5.80. The zero-order valence-electron chi connectivity index (χ0n) is 31.2. The van der Waals surface area contributed by atoms with Gasteiger partial charge in [0.05, 0.1) is 5.56 Å². The minimum Gasteiger partial charge on any atom is -0.507 e. The normalized spacial score (nSPS) is 19.8. The van der Waals surface area contributed by atoms with Crippen molar-refractivity contribution in [1.29, 1.82) is 0 Å². The second kappa shape index (κ2) is 16.0. The fraction of sp³-hybridized carbons (Fsp3) is 0.591. The molecule has 1 heterocycles. The zero-order chi connectivity index (χ0) is 34.4. The van der Waals surface area contributed by atoms with Crippen molar-refractivity contribution in [3.8, 4) is 34.1 Å². The van der Waals surface area contributed by atoms with Crippen LogP contribution in [0.3, 0.4) is 0 Å². The summed E-state index contributed by atoms with van der Waals surface area (Å²) in [5, 5.41) is 11.5. The summed E-state index contributed by atoms with van der Waals surface area (Å²) < 4.78 is 20.2. The Labute approximate surface area is 291 Å². The molecule has 0 radical (unpaired) electrons. The van der Waals surface area contributed by atoms with Gasteiger partial charge < -0.3 is 19.3 Å². The molecule has 4 nitrogen and oxygen atoms in total. The van der Waals surface area contributed by atoms with Crippen LogP contribution in [0, 0.1) is 18.8 Å². The second-order valence-electron chi connectivity index (χ2n) is 15.7. The van der Waals surface area contributed by atoms with Crippen LogP contribution in [0.4, 0.5) is 0 Å². The van der Waals surface area contributed by atoms with Gasteiger partial charge in [-0.15, -0.1) is 0 Å². The van der Waals surface area contributed by atoms with Crippen LogP contribution in [0.2, 0.25) is 0 Å². The smallest absolute Gasteiger partial charge is 0.131 e. The predicted octanol–water partition coefficient (Wildman–Crippen LogP) is 12.1. The minimum atomic E-state index is -0.189. The van der Waals surface area contributed by atoms with E-state index in [-0.39, 0.29) is 5.60 Å². The van der Waals surface area contributed by atoms with Gasteiger partial charge in [-0.3, -0.25) is 0 Å². The monoisotopic (exact) mass is 654 g/mol. The minimum absolute atomic E-state index is 0.189. The Morgan fingerprint density at radius 1 is 0.854 bits per heavy atom. The van der Waals surface area contributed by atoms with Crippen molar-refractivity contribution in [3.05, 3.63) is 70.3 Å². The molecule has 0 aromatic heterocycles. The summed E-state index contributed by atoms with van der Waals surface area (Å²) in [5.74, 6) is 4.95. The molecular formula is C44H62O4. The van der Waals surface area contributed by atoms with E-state index in [1.165, 1.54) is 73.6 Å². The van der Waals surface area contributed by atoms with Gasteiger partial charge in [-0.05, 0) is 124 Å². The van der Waals surface area contributed by atoms with E-state index in [9.17, 15) is 5.11 Å². The second-order valence-corrected chi connectivity index (χ2v) is 15.7. The van der Waals surface area contributed by atoms with Crippen LogP contribution < -0.4 is 14.2 Å². The largest absolute Gasteiger partial charge is 0.507 e. The quantitative estimate of drug-likeness (QED) is 0.166. The molecule has 48 heavy (non-hydrogen) atoms. The summed E-state index contributed by atoms with van der Waals surface area (Å²) in [5.41, 5.74) is 7.69. The average Bonchev–Trinajstić information content (AvgIpc) is 3.02. The highest BCUT2D eigenvalue weighted by atomic mass is 16.5. The fourth-order valence-electron chi connectivity index (χ4n) is 8.30. The van der Waals surface area contributed by atoms with Gasteiger partial charge in [-0.25, -0.2) is 0 Å². The molecule has 1 aliphatic heterocycles. The molecule has 3 aromatic rings. The highest BCUT2D eigenvalue weighted by Gasteiger charge is 2.47. The van der Waals surface area contributed by atoms with Crippen LogP contribution in [-0.4, -0.2) is 23.9 Å². The third kappa shape index (κ3) is 8.35. The molecule has 0 saturated heterocycles. The van der Waals surface area contributed by atoms with E-state index >= 15 is 0 Å². The third-order valence-corrected chi connectivity index (χ3v) is 10.9. The van der Waals surface area contributed by atoms with Gasteiger partial charge >= 0.3 is 0 Å². The lowest BCUT2D eigenvalue weighted by atomic mass is 9.64. The number of hydrogen-bond donors (Lipinski definition) is 1. The van der Waals surface area contributed by atoms with Gasteiger partial charge in [-0.2, -0.15) is 0 Å². The van der Waals surface area contributed by atoms with Crippen LogP contribution >= 0.6 is 0 Å². The molecule has 2 aliphatic rings. The van der Waals surface area contributed by atoms with Crippen molar-refractivity contribution < 1.29 is 19.3 Å². The Bertz CT molecular complexity index is 1520. The molecule has 1 fully saturated rings. The summed E-state index contributed by atoms with van der Waals surface area (Å²) >= 11 is 0. The Morgan fingerprint density at radius 2 is 1.50 bits per heavy atom. The zero-order valence-corrected chi connectivity index (χ0v) is 31.2. The molecule has 4 heteroatoms. The standard InChI is InChI=1S/C44H62O4/c1-9-11-13-15-32-25-38(45)42(35-23-30(5)17-19-34(35)29(3)4)39(26-32)46-21-22-47-40-27-33(16-14-12-10-2)28-41-43(40)36-24-31(6)18-20-37(36)44(7,8)48-41/h17,19,23,25-29,31,36-37,45H,9-16,18,20-22,24H2,1-8H3/t31-,36-,37-/m1/s1.